The van der Waals surface area contributed by atoms with Gasteiger partial charge in [0, 0.05) is 31.2 Å². The zero-order chi connectivity index (χ0) is 22.6. The molecule has 0 amide bonds. The molecule has 0 fully saturated rings. The van der Waals surface area contributed by atoms with Gasteiger partial charge in [0.2, 0.25) is 0 Å². The molecule has 0 aliphatic heterocycles. The Balaban J connectivity index is 1.80. The highest BCUT2D eigenvalue weighted by atomic mass is 16.5. The van der Waals surface area contributed by atoms with Crippen LogP contribution in [0, 0.1) is 6.92 Å². The second kappa shape index (κ2) is 7.23. The van der Waals surface area contributed by atoms with Crippen LogP contribution in [0.2, 0.25) is 0 Å². The fraction of sp³-hybridized carbons (Fsp3) is 0.217. The van der Waals surface area contributed by atoms with E-state index in [0.717, 1.165) is 37.9 Å². The van der Waals surface area contributed by atoms with Crippen LogP contribution in [0.3, 0.4) is 0 Å². The average molecular weight is 430 g/mol. The van der Waals surface area contributed by atoms with Crippen molar-refractivity contribution < 1.29 is 4.74 Å². The van der Waals surface area contributed by atoms with Gasteiger partial charge in [0.15, 0.2) is 5.65 Å². The lowest BCUT2D eigenvalue weighted by Gasteiger charge is -2.11. The van der Waals surface area contributed by atoms with Crippen LogP contribution in [0.4, 0.5) is 0 Å². The van der Waals surface area contributed by atoms with E-state index in [9.17, 15) is 9.59 Å². The Bertz CT molecular complexity index is 1600. The summed E-state index contributed by atoms with van der Waals surface area (Å²) in [5.41, 5.74) is 3.77. The molecular weight excluding hydrogens is 408 g/mol. The lowest BCUT2D eigenvalue weighted by Crippen LogP contribution is -2.32. The fourth-order valence-electron chi connectivity index (χ4n) is 4.10. The van der Waals surface area contributed by atoms with E-state index in [4.69, 9.17) is 4.74 Å². The number of aromatic nitrogens is 6. The van der Waals surface area contributed by atoms with Gasteiger partial charge in [-0.05, 0) is 36.2 Å². The van der Waals surface area contributed by atoms with E-state index in [1.165, 1.54) is 7.05 Å². The second-order valence-electron chi connectivity index (χ2n) is 7.85. The Kier molecular flexibility index (Phi) is 4.47. The first-order valence-electron chi connectivity index (χ1n) is 10.1. The molecule has 0 bridgehead atoms. The highest BCUT2D eigenvalue weighted by Gasteiger charge is 2.21. The summed E-state index contributed by atoms with van der Waals surface area (Å²) in [6.07, 6.45) is 1.96. The third-order valence-corrected chi connectivity index (χ3v) is 5.82. The number of fused-ring (bicyclic) bond motifs is 2. The lowest BCUT2D eigenvalue weighted by molar-refractivity contribution is 0.414. The number of H-pyrrole nitrogens is 1. The minimum atomic E-state index is -0.498. The van der Waals surface area contributed by atoms with E-state index in [1.54, 1.807) is 16.5 Å². The quantitative estimate of drug-likeness (QED) is 0.472. The molecule has 3 aromatic heterocycles. The number of aryl methyl sites for hydroxylation is 2. The van der Waals surface area contributed by atoms with Crippen LogP contribution in [0.5, 0.6) is 5.75 Å². The Labute approximate surface area is 182 Å². The van der Waals surface area contributed by atoms with Crippen LogP contribution in [-0.4, -0.2) is 36.2 Å². The molecule has 2 aromatic carbocycles. The first-order chi connectivity index (χ1) is 15.4. The van der Waals surface area contributed by atoms with Crippen molar-refractivity contribution >= 4 is 21.9 Å². The summed E-state index contributed by atoms with van der Waals surface area (Å²) in [6.45, 7) is 2.43. The molecule has 0 radical (unpaired) electrons. The van der Waals surface area contributed by atoms with E-state index < -0.39 is 5.69 Å². The van der Waals surface area contributed by atoms with Gasteiger partial charge in [0.25, 0.3) is 5.56 Å². The van der Waals surface area contributed by atoms with E-state index >= 15 is 0 Å². The van der Waals surface area contributed by atoms with Crippen LogP contribution >= 0.6 is 0 Å². The van der Waals surface area contributed by atoms with Gasteiger partial charge in [-0.3, -0.25) is 23.7 Å². The molecule has 1 N–H and O–H groups in total. The van der Waals surface area contributed by atoms with Crippen LogP contribution in [0.25, 0.3) is 33.2 Å². The van der Waals surface area contributed by atoms with Crippen LogP contribution in [0.1, 0.15) is 11.1 Å². The zero-order valence-electron chi connectivity index (χ0n) is 18.2. The molecule has 0 saturated heterocycles. The van der Waals surface area contributed by atoms with Crippen LogP contribution in [-0.2, 0) is 20.6 Å². The average Bonchev–Trinajstić information content (AvgIpc) is 3.33. The number of benzene rings is 2. The van der Waals surface area contributed by atoms with Crippen molar-refractivity contribution in [1.29, 1.82) is 0 Å². The molecule has 9 nitrogen and oxygen atoms in total. The van der Waals surface area contributed by atoms with Gasteiger partial charge in [-0.15, -0.1) is 0 Å². The minimum Gasteiger partial charge on any atom is -0.497 e. The van der Waals surface area contributed by atoms with E-state index in [2.05, 4.69) is 15.2 Å². The molecule has 9 heteroatoms. The Morgan fingerprint density at radius 2 is 1.78 bits per heavy atom. The number of methoxy groups -OCH3 is 1. The van der Waals surface area contributed by atoms with E-state index in [1.807, 2.05) is 56.6 Å². The lowest BCUT2D eigenvalue weighted by atomic mass is 10.0. The van der Waals surface area contributed by atoms with Gasteiger partial charge in [0.05, 0.1) is 24.9 Å². The molecule has 0 saturated carbocycles. The zero-order valence-corrected chi connectivity index (χ0v) is 18.2. The minimum absolute atomic E-state index is 0.271. The standard InChI is InChI=1S/C23H22N6O3/c1-13-16(9-10-18-17(13)12-27(2)25-18)20-19-21(24-23(31)28(3)22(19)30)26-29(20)11-14-5-7-15(32-4)8-6-14/h5-10,12H,11H2,1-4H3,(H,24,26,31). The summed E-state index contributed by atoms with van der Waals surface area (Å²) in [4.78, 5) is 28.1. The van der Waals surface area contributed by atoms with Crippen molar-refractivity contribution in [3.63, 3.8) is 0 Å². The summed E-state index contributed by atoms with van der Waals surface area (Å²) in [6, 6.07) is 11.6. The molecule has 0 spiro atoms. The van der Waals surface area contributed by atoms with E-state index in [-0.39, 0.29) is 11.2 Å². The molecule has 0 atom stereocenters. The number of nitrogens with one attached hydrogen (secondary N) is 1. The summed E-state index contributed by atoms with van der Waals surface area (Å²) in [5, 5.41) is 10.5. The van der Waals surface area contributed by atoms with Crippen molar-refractivity contribution in [1.82, 2.24) is 29.1 Å². The van der Waals surface area contributed by atoms with Gasteiger partial charge in [-0.2, -0.15) is 10.2 Å². The monoisotopic (exact) mass is 430 g/mol. The van der Waals surface area contributed by atoms with E-state index in [0.29, 0.717) is 17.6 Å². The Morgan fingerprint density at radius 3 is 2.50 bits per heavy atom. The van der Waals surface area contributed by atoms with Gasteiger partial charge in [-0.25, -0.2) is 4.79 Å². The highest BCUT2D eigenvalue weighted by Crippen LogP contribution is 2.33. The van der Waals surface area contributed by atoms with Crippen molar-refractivity contribution in [2.75, 3.05) is 7.11 Å². The van der Waals surface area contributed by atoms with Crippen molar-refractivity contribution in [3.05, 3.63) is 74.6 Å². The maximum atomic E-state index is 13.1. The maximum absolute atomic E-state index is 13.1. The van der Waals surface area contributed by atoms with Crippen molar-refractivity contribution in [2.45, 2.75) is 13.5 Å². The first kappa shape index (κ1) is 19.8. The number of nitrogens with zero attached hydrogens (tertiary/aromatic N) is 5. The topological polar surface area (TPSA) is 99.7 Å². The molecule has 0 unspecified atom stereocenters. The fourth-order valence-corrected chi connectivity index (χ4v) is 4.10. The van der Waals surface area contributed by atoms with Crippen molar-refractivity contribution in [2.24, 2.45) is 14.1 Å². The normalized spacial score (nSPS) is 11.5. The largest absolute Gasteiger partial charge is 0.497 e. The summed E-state index contributed by atoms with van der Waals surface area (Å²) >= 11 is 0. The molecule has 5 rings (SSSR count). The molecule has 162 valence electrons. The SMILES string of the molecule is COc1ccc(Cn2nc3[nH]c(=O)n(C)c(=O)c3c2-c2ccc3nn(C)cc3c2C)cc1. The Morgan fingerprint density at radius 1 is 1.03 bits per heavy atom. The van der Waals surface area contributed by atoms with Gasteiger partial charge in [-0.1, -0.05) is 18.2 Å². The number of hydrogen-bond donors (Lipinski definition) is 1. The van der Waals surface area contributed by atoms with Crippen LogP contribution < -0.4 is 16.0 Å². The van der Waals surface area contributed by atoms with Gasteiger partial charge in [0.1, 0.15) is 11.1 Å². The van der Waals surface area contributed by atoms with Crippen molar-refractivity contribution in [3.8, 4) is 17.0 Å². The molecule has 0 aliphatic carbocycles. The predicted octanol–water partition coefficient (Wildman–Crippen LogP) is 2.34. The molecule has 32 heavy (non-hydrogen) atoms. The van der Waals surface area contributed by atoms with Gasteiger partial charge < -0.3 is 4.74 Å². The number of aromatic amines is 1. The second-order valence-corrected chi connectivity index (χ2v) is 7.85. The smallest absolute Gasteiger partial charge is 0.329 e. The Hall–Kier alpha value is -4.14. The molecular formula is C23H22N6O3. The number of hydrogen-bond acceptors (Lipinski definition) is 5. The summed E-state index contributed by atoms with van der Waals surface area (Å²) in [5.74, 6) is 0.760. The van der Waals surface area contributed by atoms with Crippen LogP contribution in [0.15, 0.2) is 52.2 Å². The number of ether oxygens (including phenoxy) is 1. The number of rotatable bonds is 4. The predicted molar refractivity (Wildman–Crippen MR) is 122 cm³/mol. The molecule has 0 aliphatic rings. The maximum Gasteiger partial charge on any atom is 0.329 e. The van der Waals surface area contributed by atoms with Gasteiger partial charge >= 0.3 is 5.69 Å². The first-order valence-corrected chi connectivity index (χ1v) is 10.1. The third kappa shape index (κ3) is 3.01. The molecule has 3 heterocycles. The third-order valence-electron chi connectivity index (χ3n) is 5.82. The highest BCUT2D eigenvalue weighted by molar-refractivity contribution is 5.96. The summed E-state index contributed by atoms with van der Waals surface area (Å²) < 4.78 is 9.86. The molecule has 5 aromatic rings. The summed E-state index contributed by atoms with van der Waals surface area (Å²) in [7, 11) is 4.96.